The molecule has 2 aromatic rings. The molecule has 7 heteroatoms. The fourth-order valence-corrected chi connectivity index (χ4v) is 2.04. The SMILES string of the molecule is CCNc1cc(C(F)(F)F)cc(-c2cc(F)cc(Cl)c2)n1. The van der Waals surface area contributed by atoms with Crippen LogP contribution < -0.4 is 5.32 Å². The van der Waals surface area contributed by atoms with Crippen LogP contribution in [-0.2, 0) is 6.18 Å². The third-order valence-corrected chi connectivity index (χ3v) is 2.89. The predicted octanol–water partition coefficient (Wildman–Crippen LogP) is 4.99. The van der Waals surface area contributed by atoms with Gasteiger partial charge in [0.15, 0.2) is 0 Å². The van der Waals surface area contributed by atoms with E-state index in [1.807, 2.05) is 0 Å². The summed E-state index contributed by atoms with van der Waals surface area (Å²) in [6.07, 6.45) is -4.51. The first-order valence-electron chi connectivity index (χ1n) is 6.09. The van der Waals surface area contributed by atoms with E-state index < -0.39 is 17.6 Å². The van der Waals surface area contributed by atoms with Crippen LogP contribution in [0.2, 0.25) is 5.02 Å². The summed E-state index contributed by atoms with van der Waals surface area (Å²) in [6, 6.07) is 5.30. The standard InChI is InChI=1S/C14H11ClF4N2/c1-2-20-13-6-9(14(17,18)19)5-12(21-13)8-3-10(15)7-11(16)4-8/h3-7H,2H2,1H3,(H,20,21). The van der Waals surface area contributed by atoms with Crippen molar-refractivity contribution in [3.05, 3.63) is 46.7 Å². The highest BCUT2D eigenvalue weighted by atomic mass is 35.5. The summed E-state index contributed by atoms with van der Waals surface area (Å²) >= 11 is 5.73. The van der Waals surface area contributed by atoms with E-state index in [1.165, 1.54) is 6.07 Å². The first kappa shape index (κ1) is 15.6. The molecule has 0 spiro atoms. The van der Waals surface area contributed by atoms with Crippen LogP contribution in [0.1, 0.15) is 12.5 Å². The lowest BCUT2D eigenvalue weighted by molar-refractivity contribution is -0.137. The van der Waals surface area contributed by atoms with Crippen LogP contribution >= 0.6 is 11.6 Å². The molecular formula is C14H11ClF4N2. The normalized spacial score (nSPS) is 11.5. The number of alkyl halides is 3. The fraction of sp³-hybridized carbons (Fsp3) is 0.214. The van der Waals surface area contributed by atoms with Gasteiger partial charge in [0.05, 0.1) is 11.3 Å². The number of nitrogens with one attached hydrogen (secondary N) is 1. The Balaban J connectivity index is 2.59. The van der Waals surface area contributed by atoms with Gasteiger partial charge in [-0.2, -0.15) is 13.2 Å². The molecule has 0 atom stereocenters. The Morgan fingerprint density at radius 3 is 2.43 bits per heavy atom. The molecule has 0 aliphatic rings. The highest BCUT2D eigenvalue weighted by Gasteiger charge is 2.31. The molecule has 0 unspecified atom stereocenters. The van der Waals surface area contributed by atoms with Crippen LogP contribution in [0.3, 0.4) is 0 Å². The first-order chi connectivity index (χ1) is 9.79. The average Bonchev–Trinajstić information content (AvgIpc) is 2.36. The van der Waals surface area contributed by atoms with E-state index in [4.69, 9.17) is 11.6 Å². The molecule has 0 aliphatic heterocycles. The van der Waals surface area contributed by atoms with Gasteiger partial charge in [0.25, 0.3) is 0 Å². The van der Waals surface area contributed by atoms with Crippen molar-refractivity contribution >= 4 is 17.4 Å². The largest absolute Gasteiger partial charge is 0.416 e. The third kappa shape index (κ3) is 3.85. The number of aromatic nitrogens is 1. The van der Waals surface area contributed by atoms with Crippen molar-refractivity contribution in [1.82, 2.24) is 4.98 Å². The molecule has 0 saturated heterocycles. The first-order valence-corrected chi connectivity index (χ1v) is 6.47. The van der Waals surface area contributed by atoms with Crippen LogP contribution in [0.25, 0.3) is 11.3 Å². The minimum absolute atomic E-state index is 0.00201. The quantitative estimate of drug-likeness (QED) is 0.806. The number of rotatable bonds is 3. The number of anilines is 1. The number of nitrogens with zero attached hydrogens (tertiary/aromatic N) is 1. The molecule has 0 bridgehead atoms. The van der Waals surface area contributed by atoms with E-state index >= 15 is 0 Å². The van der Waals surface area contributed by atoms with Crippen LogP contribution in [0.15, 0.2) is 30.3 Å². The molecule has 0 amide bonds. The van der Waals surface area contributed by atoms with Crippen molar-refractivity contribution in [3.8, 4) is 11.3 Å². The van der Waals surface area contributed by atoms with Crippen molar-refractivity contribution in [2.75, 3.05) is 11.9 Å². The molecule has 1 heterocycles. The molecule has 0 saturated carbocycles. The molecule has 2 nitrogen and oxygen atoms in total. The summed E-state index contributed by atoms with van der Waals surface area (Å²) in [7, 11) is 0. The lowest BCUT2D eigenvalue weighted by Gasteiger charge is -2.12. The maximum atomic E-state index is 13.3. The second kappa shape index (κ2) is 5.89. The van der Waals surface area contributed by atoms with Gasteiger partial charge < -0.3 is 5.32 Å². The van der Waals surface area contributed by atoms with E-state index in [1.54, 1.807) is 6.92 Å². The van der Waals surface area contributed by atoms with E-state index in [0.29, 0.717) is 6.54 Å². The molecule has 1 aromatic heterocycles. The molecule has 0 radical (unpaired) electrons. The number of halogens is 5. The van der Waals surface area contributed by atoms with E-state index in [2.05, 4.69) is 10.3 Å². The summed E-state index contributed by atoms with van der Waals surface area (Å²) < 4.78 is 52.1. The highest BCUT2D eigenvalue weighted by molar-refractivity contribution is 6.30. The summed E-state index contributed by atoms with van der Waals surface area (Å²) in [4.78, 5) is 4.05. The fourth-order valence-electron chi connectivity index (χ4n) is 1.82. The zero-order valence-corrected chi connectivity index (χ0v) is 11.7. The Labute approximate surface area is 123 Å². The monoisotopic (exact) mass is 318 g/mol. The zero-order valence-electron chi connectivity index (χ0n) is 10.9. The lowest BCUT2D eigenvalue weighted by atomic mass is 10.1. The van der Waals surface area contributed by atoms with E-state index in [-0.39, 0.29) is 22.1 Å². The summed E-state index contributed by atoms with van der Waals surface area (Å²) in [5.74, 6) is -0.565. The van der Waals surface area contributed by atoms with Gasteiger partial charge in [-0.3, -0.25) is 0 Å². The van der Waals surface area contributed by atoms with Gasteiger partial charge >= 0.3 is 6.18 Å². The maximum absolute atomic E-state index is 13.3. The number of hydrogen-bond donors (Lipinski definition) is 1. The van der Waals surface area contributed by atoms with Crippen molar-refractivity contribution in [2.24, 2.45) is 0 Å². The van der Waals surface area contributed by atoms with Gasteiger partial charge in [-0.05, 0) is 37.3 Å². The third-order valence-electron chi connectivity index (χ3n) is 2.67. The van der Waals surface area contributed by atoms with Gasteiger partial charge in [0.2, 0.25) is 0 Å². The summed E-state index contributed by atoms with van der Waals surface area (Å²) in [5, 5.41) is 2.81. The Morgan fingerprint density at radius 2 is 1.86 bits per heavy atom. The van der Waals surface area contributed by atoms with E-state index in [9.17, 15) is 17.6 Å². The molecule has 0 fully saturated rings. The van der Waals surface area contributed by atoms with Crippen molar-refractivity contribution in [3.63, 3.8) is 0 Å². The molecule has 1 N–H and O–H groups in total. The van der Waals surface area contributed by atoms with Crippen LogP contribution in [-0.4, -0.2) is 11.5 Å². The van der Waals surface area contributed by atoms with Crippen LogP contribution in [0, 0.1) is 5.82 Å². The molecule has 1 aromatic carbocycles. The lowest BCUT2D eigenvalue weighted by Crippen LogP contribution is -2.08. The topological polar surface area (TPSA) is 24.9 Å². The number of pyridine rings is 1. The summed E-state index contributed by atoms with van der Waals surface area (Å²) in [5.41, 5.74) is -0.670. The van der Waals surface area contributed by atoms with Crippen molar-refractivity contribution in [1.29, 1.82) is 0 Å². The number of benzene rings is 1. The number of hydrogen-bond acceptors (Lipinski definition) is 2. The van der Waals surface area contributed by atoms with Crippen molar-refractivity contribution < 1.29 is 17.6 Å². The molecular weight excluding hydrogens is 308 g/mol. The Bertz CT molecular complexity index is 636. The minimum atomic E-state index is -4.51. The van der Waals surface area contributed by atoms with Crippen LogP contribution in [0.5, 0.6) is 0 Å². The molecule has 21 heavy (non-hydrogen) atoms. The average molecular weight is 319 g/mol. The van der Waals surface area contributed by atoms with Crippen molar-refractivity contribution in [2.45, 2.75) is 13.1 Å². The Morgan fingerprint density at radius 1 is 1.14 bits per heavy atom. The maximum Gasteiger partial charge on any atom is 0.416 e. The highest BCUT2D eigenvalue weighted by Crippen LogP contribution is 2.34. The molecule has 0 aliphatic carbocycles. The Kier molecular flexibility index (Phi) is 4.37. The van der Waals surface area contributed by atoms with E-state index in [0.717, 1.165) is 24.3 Å². The van der Waals surface area contributed by atoms with Gasteiger partial charge in [-0.15, -0.1) is 0 Å². The minimum Gasteiger partial charge on any atom is -0.370 e. The second-order valence-electron chi connectivity index (χ2n) is 4.31. The Hall–Kier alpha value is -1.82. The predicted molar refractivity (Wildman–Crippen MR) is 73.8 cm³/mol. The van der Waals surface area contributed by atoms with Gasteiger partial charge in [0, 0.05) is 17.1 Å². The smallest absolute Gasteiger partial charge is 0.370 e. The summed E-state index contributed by atoms with van der Waals surface area (Å²) in [6.45, 7) is 2.15. The van der Waals surface area contributed by atoms with Crippen LogP contribution in [0.4, 0.5) is 23.4 Å². The second-order valence-corrected chi connectivity index (χ2v) is 4.75. The zero-order chi connectivity index (χ0) is 15.6. The van der Waals surface area contributed by atoms with Gasteiger partial charge in [-0.1, -0.05) is 11.6 Å². The molecule has 112 valence electrons. The van der Waals surface area contributed by atoms with Gasteiger partial charge in [0.1, 0.15) is 11.6 Å². The van der Waals surface area contributed by atoms with Gasteiger partial charge in [-0.25, -0.2) is 9.37 Å². The molecule has 2 rings (SSSR count).